The van der Waals surface area contributed by atoms with E-state index >= 15 is 0 Å². The van der Waals surface area contributed by atoms with Crippen molar-refractivity contribution < 1.29 is 19.1 Å². The fraction of sp³-hybridized carbons (Fsp3) is 0.818. The molecule has 0 aromatic carbocycles. The van der Waals surface area contributed by atoms with E-state index in [1.807, 2.05) is 20.8 Å². The van der Waals surface area contributed by atoms with Gasteiger partial charge in [-0.05, 0) is 20.3 Å². The monoisotopic (exact) mass is 214 g/mol. The summed E-state index contributed by atoms with van der Waals surface area (Å²) in [5.41, 5.74) is -0.471. The van der Waals surface area contributed by atoms with Crippen LogP contribution in [0.2, 0.25) is 0 Å². The molecule has 1 atom stereocenters. The molecule has 0 radical (unpaired) electrons. The lowest BCUT2D eigenvalue weighted by atomic mass is 9.90. The first-order chi connectivity index (χ1) is 6.95. The van der Waals surface area contributed by atoms with Gasteiger partial charge >= 0.3 is 11.9 Å². The largest absolute Gasteiger partial charge is 0.465 e. The van der Waals surface area contributed by atoms with Crippen LogP contribution in [0.5, 0.6) is 0 Å². The predicted molar refractivity (Wildman–Crippen MR) is 54.1 cm³/mol. The van der Waals surface area contributed by atoms with Crippen LogP contribution in [0, 0.1) is 5.41 Å². The van der Waals surface area contributed by atoms with E-state index in [2.05, 4.69) is 0 Å². The van der Waals surface area contributed by atoms with Crippen molar-refractivity contribution in [3.63, 3.8) is 0 Å². The topological polar surface area (TPSA) is 52.6 Å². The van der Waals surface area contributed by atoms with Crippen LogP contribution in [0.1, 0.15) is 40.0 Å². The Bertz CT molecular complexity index is 257. The molecule has 0 bridgehead atoms. The van der Waals surface area contributed by atoms with Gasteiger partial charge in [0.1, 0.15) is 6.10 Å². The highest BCUT2D eigenvalue weighted by molar-refractivity contribution is 5.77. The second kappa shape index (κ2) is 4.64. The molecule has 0 N–H and O–H groups in total. The Kier molecular flexibility index (Phi) is 3.72. The molecule has 0 aromatic heterocycles. The standard InChI is InChI=1S/C11H18O4/c1-4-11(2,3)10(13)15-8-5-6-14-9(12)7-8/h8H,4-7H2,1-3H3/t8-/m1/s1. The van der Waals surface area contributed by atoms with E-state index in [-0.39, 0.29) is 24.5 Å². The van der Waals surface area contributed by atoms with Gasteiger partial charge in [-0.2, -0.15) is 0 Å². The number of carbonyl (C=O) groups excluding carboxylic acids is 2. The van der Waals surface area contributed by atoms with Crippen LogP contribution in [-0.2, 0) is 19.1 Å². The number of esters is 2. The Balaban J connectivity index is 2.47. The number of hydrogen-bond acceptors (Lipinski definition) is 4. The highest BCUT2D eigenvalue weighted by Crippen LogP contribution is 2.24. The number of hydrogen-bond donors (Lipinski definition) is 0. The molecule has 0 aliphatic carbocycles. The van der Waals surface area contributed by atoms with Crippen molar-refractivity contribution >= 4 is 11.9 Å². The fourth-order valence-corrected chi connectivity index (χ4v) is 1.21. The summed E-state index contributed by atoms with van der Waals surface area (Å²) in [7, 11) is 0. The van der Waals surface area contributed by atoms with E-state index in [1.54, 1.807) is 0 Å². The summed E-state index contributed by atoms with van der Waals surface area (Å²) in [5, 5.41) is 0. The molecule has 0 amide bonds. The predicted octanol–water partition coefficient (Wildman–Crippen LogP) is 1.67. The van der Waals surface area contributed by atoms with Crippen LogP contribution >= 0.6 is 0 Å². The minimum absolute atomic E-state index is 0.186. The maximum absolute atomic E-state index is 11.7. The van der Waals surface area contributed by atoms with Crippen molar-refractivity contribution in [1.29, 1.82) is 0 Å². The lowest BCUT2D eigenvalue weighted by Gasteiger charge is -2.26. The summed E-state index contributed by atoms with van der Waals surface area (Å²) >= 11 is 0. The summed E-state index contributed by atoms with van der Waals surface area (Å²) in [4.78, 5) is 22.7. The van der Waals surface area contributed by atoms with Crippen molar-refractivity contribution in [3.8, 4) is 0 Å². The van der Waals surface area contributed by atoms with Gasteiger partial charge in [-0.25, -0.2) is 0 Å². The summed E-state index contributed by atoms with van der Waals surface area (Å²) in [6.45, 7) is 5.98. The van der Waals surface area contributed by atoms with E-state index in [0.717, 1.165) is 6.42 Å². The zero-order valence-electron chi connectivity index (χ0n) is 9.54. The van der Waals surface area contributed by atoms with Crippen LogP contribution in [0.3, 0.4) is 0 Å². The third kappa shape index (κ3) is 3.22. The molecule has 0 saturated carbocycles. The molecule has 1 aliphatic heterocycles. The molecule has 86 valence electrons. The zero-order chi connectivity index (χ0) is 11.5. The van der Waals surface area contributed by atoms with Crippen LogP contribution in [0.15, 0.2) is 0 Å². The Labute approximate surface area is 89.9 Å². The average molecular weight is 214 g/mol. The van der Waals surface area contributed by atoms with Gasteiger partial charge in [0.25, 0.3) is 0 Å². The summed E-state index contributed by atoms with van der Waals surface area (Å²) in [6.07, 6.45) is 1.22. The fourth-order valence-electron chi connectivity index (χ4n) is 1.21. The number of cyclic esters (lactones) is 1. The molecule has 15 heavy (non-hydrogen) atoms. The molecule has 0 spiro atoms. The molecule has 1 aliphatic rings. The molecule has 1 heterocycles. The number of rotatable bonds is 3. The Morgan fingerprint density at radius 2 is 2.27 bits per heavy atom. The SMILES string of the molecule is CCC(C)(C)C(=O)O[C@@H]1CCOC(=O)C1. The summed E-state index contributed by atoms with van der Waals surface area (Å²) in [6, 6.07) is 0. The highest BCUT2D eigenvalue weighted by atomic mass is 16.6. The van der Waals surface area contributed by atoms with E-state index in [1.165, 1.54) is 0 Å². The third-order valence-corrected chi connectivity index (χ3v) is 2.81. The van der Waals surface area contributed by atoms with Gasteiger partial charge in [0.2, 0.25) is 0 Å². The lowest BCUT2D eigenvalue weighted by Crippen LogP contribution is -2.34. The van der Waals surface area contributed by atoms with Crippen molar-refractivity contribution in [2.45, 2.75) is 46.1 Å². The van der Waals surface area contributed by atoms with E-state index in [4.69, 9.17) is 9.47 Å². The molecule has 1 rings (SSSR count). The van der Waals surface area contributed by atoms with Gasteiger partial charge in [0.15, 0.2) is 0 Å². The molecular weight excluding hydrogens is 196 g/mol. The van der Waals surface area contributed by atoms with Crippen molar-refractivity contribution in [2.24, 2.45) is 5.41 Å². The molecule has 4 nitrogen and oxygen atoms in total. The molecule has 4 heteroatoms. The van der Waals surface area contributed by atoms with Gasteiger partial charge in [-0.15, -0.1) is 0 Å². The first-order valence-electron chi connectivity index (χ1n) is 5.32. The maximum Gasteiger partial charge on any atom is 0.311 e. The normalized spacial score (nSPS) is 22.1. The first-order valence-corrected chi connectivity index (χ1v) is 5.32. The Morgan fingerprint density at radius 1 is 1.60 bits per heavy atom. The van der Waals surface area contributed by atoms with Crippen LogP contribution in [0.4, 0.5) is 0 Å². The Morgan fingerprint density at radius 3 is 2.80 bits per heavy atom. The molecular formula is C11H18O4. The molecule has 0 unspecified atom stereocenters. The van der Waals surface area contributed by atoms with Crippen LogP contribution in [0.25, 0.3) is 0 Å². The number of ether oxygens (including phenoxy) is 2. The van der Waals surface area contributed by atoms with Gasteiger partial charge < -0.3 is 9.47 Å². The molecule has 0 aromatic rings. The van der Waals surface area contributed by atoms with E-state index in [9.17, 15) is 9.59 Å². The lowest BCUT2D eigenvalue weighted by molar-refractivity contribution is -0.169. The molecule has 1 saturated heterocycles. The average Bonchev–Trinajstić information content (AvgIpc) is 2.17. The van der Waals surface area contributed by atoms with Gasteiger partial charge in [-0.3, -0.25) is 9.59 Å². The second-order valence-corrected chi connectivity index (χ2v) is 4.48. The zero-order valence-corrected chi connectivity index (χ0v) is 9.54. The van der Waals surface area contributed by atoms with E-state index in [0.29, 0.717) is 13.0 Å². The smallest absolute Gasteiger partial charge is 0.311 e. The number of carbonyl (C=O) groups is 2. The minimum Gasteiger partial charge on any atom is -0.465 e. The Hall–Kier alpha value is -1.06. The highest BCUT2D eigenvalue weighted by Gasteiger charge is 2.31. The van der Waals surface area contributed by atoms with Crippen molar-refractivity contribution in [2.75, 3.05) is 6.61 Å². The van der Waals surface area contributed by atoms with Crippen LogP contribution < -0.4 is 0 Å². The summed E-state index contributed by atoms with van der Waals surface area (Å²) < 4.78 is 10.0. The third-order valence-electron chi connectivity index (χ3n) is 2.81. The minimum atomic E-state index is -0.471. The van der Waals surface area contributed by atoms with Gasteiger partial charge in [-0.1, -0.05) is 6.92 Å². The van der Waals surface area contributed by atoms with E-state index < -0.39 is 5.41 Å². The van der Waals surface area contributed by atoms with Crippen molar-refractivity contribution in [3.05, 3.63) is 0 Å². The van der Waals surface area contributed by atoms with Gasteiger partial charge in [0, 0.05) is 6.42 Å². The molecule has 1 fully saturated rings. The summed E-state index contributed by atoms with van der Waals surface area (Å²) in [5.74, 6) is -0.516. The first kappa shape index (κ1) is 12.0. The van der Waals surface area contributed by atoms with Crippen molar-refractivity contribution in [1.82, 2.24) is 0 Å². The quantitative estimate of drug-likeness (QED) is 0.670. The maximum atomic E-state index is 11.7. The van der Waals surface area contributed by atoms with Crippen LogP contribution in [-0.4, -0.2) is 24.6 Å². The second-order valence-electron chi connectivity index (χ2n) is 4.48. The van der Waals surface area contributed by atoms with Gasteiger partial charge in [0.05, 0.1) is 18.4 Å².